The molecule has 3 aromatic heterocycles. The third-order valence-electron chi connectivity index (χ3n) is 8.83. The maximum Gasteiger partial charge on any atom is 0.290 e. The first kappa shape index (κ1) is 41.1. The van der Waals surface area contributed by atoms with Crippen molar-refractivity contribution < 1.29 is 53.4 Å². The van der Waals surface area contributed by atoms with Crippen LogP contribution in [-0.2, 0) is 46.7 Å². The molecule has 5 aromatic rings. The van der Waals surface area contributed by atoms with Gasteiger partial charge in [-0.1, -0.05) is 18.1 Å². The number of para-hydroxylation sites is 1. The van der Waals surface area contributed by atoms with Gasteiger partial charge in [-0.2, -0.15) is 19.0 Å². The molecule has 0 bridgehead atoms. The van der Waals surface area contributed by atoms with E-state index in [1.807, 2.05) is 0 Å². The number of alkyl halides is 6. The highest BCUT2D eigenvalue weighted by Crippen LogP contribution is 2.52. The molecule has 57 heavy (non-hydrogen) atoms. The topological polar surface area (TPSA) is 144 Å². The molecule has 1 atom stereocenters. The summed E-state index contributed by atoms with van der Waals surface area (Å²) >= 11 is 0. The maximum absolute atomic E-state index is 15.2. The van der Waals surface area contributed by atoms with Gasteiger partial charge in [0.2, 0.25) is 15.9 Å². The molecule has 11 nitrogen and oxygen atoms in total. The van der Waals surface area contributed by atoms with Gasteiger partial charge in [0.15, 0.2) is 5.82 Å². The standard InChI is InChI=1S/C37H33F8N7O4S/c1-35(2,54)11-10-22-8-9-23(24-6-5-7-25-31(24)51(3)49-34(25)50-57(4,55)56)29(46-22)26(16-19-14-20(38)17-21(39)15-19)47-27(53)18-52-32-28(30(48-52)33(40)41)36(42,43)12-13-37(32,44)45/h5-9,14-15,17,26,33,54H,12-13,16,18H2,1-4H3,(H,47,53)(H,49,50)/t26-/m0/s1. The van der Waals surface area contributed by atoms with Gasteiger partial charge >= 0.3 is 0 Å². The van der Waals surface area contributed by atoms with Gasteiger partial charge in [0.1, 0.15) is 40.9 Å². The molecule has 20 heteroatoms. The Morgan fingerprint density at radius 3 is 2.28 bits per heavy atom. The number of aliphatic hydroxyl groups is 1. The predicted octanol–water partition coefficient (Wildman–Crippen LogP) is 6.62. The van der Waals surface area contributed by atoms with Crippen LogP contribution in [0.5, 0.6) is 0 Å². The summed E-state index contributed by atoms with van der Waals surface area (Å²) < 4.78 is 145. The number of rotatable bonds is 10. The Morgan fingerprint density at radius 2 is 1.65 bits per heavy atom. The monoisotopic (exact) mass is 823 g/mol. The number of benzene rings is 2. The van der Waals surface area contributed by atoms with Crippen molar-refractivity contribution in [3.63, 3.8) is 0 Å². The normalized spacial score (nSPS) is 15.5. The van der Waals surface area contributed by atoms with E-state index < -0.39 is 100 Å². The number of sulfonamides is 1. The highest BCUT2D eigenvalue weighted by Gasteiger charge is 2.55. The van der Waals surface area contributed by atoms with E-state index in [1.54, 1.807) is 18.2 Å². The fourth-order valence-corrected chi connectivity index (χ4v) is 7.16. The minimum atomic E-state index is -4.10. The number of aryl methyl sites for hydroxylation is 1. The number of anilines is 1. The Kier molecular flexibility index (Phi) is 10.6. The van der Waals surface area contributed by atoms with Crippen LogP contribution in [0.2, 0.25) is 0 Å². The summed E-state index contributed by atoms with van der Waals surface area (Å²) in [6.07, 6.45) is -6.06. The Balaban J connectivity index is 1.53. The van der Waals surface area contributed by atoms with Crippen LogP contribution in [0.1, 0.15) is 73.1 Å². The molecule has 1 aliphatic carbocycles. The van der Waals surface area contributed by atoms with Crippen LogP contribution in [0.4, 0.5) is 40.9 Å². The largest absolute Gasteiger partial charge is 0.378 e. The van der Waals surface area contributed by atoms with Crippen molar-refractivity contribution in [2.75, 3.05) is 11.0 Å². The van der Waals surface area contributed by atoms with Crippen molar-refractivity contribution >= 4 is 32.7 Å². The second kappa shape index (κ2) is 14.8. The average Bonchev–Trinajstić information content (AvgIpc) is 3.63. The van der Waals surface area contributed by atoms with E-state index in [-0.39, 0.29) is 33.0 Å². The molecule has 0 radical (unpaired) electrons. The lowest BCUT2D eigenvalue weighted by Gasteiger charge is -2.29. The number of carbonyl (C=O) groups is 1. The third-order valence-corrected chi connectivity index (χ3v) is 9.39. The summed E-state index contributed by atoms with van der Waals surface area (Å²) in [5, 5.41) is 20.8. The van der Waals surface area contributed by atoms with Crippen molar-refractivity contribution in [1.82, 2.24) is 29.9 Å². The Morgan fingerprint density at radius 1 is 0.982 bits per heavy atom. The molecule has 2 aromatic carbocycles. The van der Waals surface area contributed by atoms with Gasteiger partial charge in [-0.05, 0) is 62.1 Å². The van der Waals surface area contributed by atoms with Crippen molar-refractivity contribution in [2.24, 2.45) is 7.05 Å². The van der Waals surface area contributed by atoms with Crippen LogP contribution in [0.25, 0.3) is 22.0 Å². The van der Waals surface area contributed by atoms with E-state index in [2.05, 4.69) is 37.1 Å². The molecule has 3 heterocycles. The molecular formula is C37H33F8N7O4S. The lowest BCUT2D eigenvalue weighted by atomic mass is 9.89. The fourth-order valence-electron chi connectivity index (χ4n) is 6.65. The van der Waals surface area contributed by atoms with Crippen LogP contribution in [0.15, 0.2) is 48.5 Å². The first-order chi connectivity index (χ1) is 26.4. The van der Waals surface area contributed by atoms with Crippen LogP contribution in [-0.4, -0.2) is 55.8 Å². The number of nitrogens with zero attached hydrogens (tertiary/aromatic N) is 5. The molecule has 6 rings (SSSR count). The number of nitrogens with one attached hydrogen (secondary N) is 2. The van der Waals surface area contributed by atoms with Crippen LogP contribution >= 0.6 is 0 Å². The van der Waals surface area contributed by atoms with E-state index in [9.17, 15) is 44.7 Å². The van der Waals surface area contributed by atoms with Crippen molar-refractivity contribution in [1.29, 1.82) is 0 Å². The van der Waals surface area contributed by atoms with Crippen LogP contribution in [0, 0.1) is 23.5 Å². The minimum absolute atomic E-state index is 0.0155. The molecule has 0 saturated heterocycles. The van der Waals surface area contributed by atoms with Gasteiger partial charge in [0.25, 0.3) is 18.3 Å². The molecular weight excluding hydrogens is 791 g/mol. The van der Waals surface area contributed by atoms with Gasteiger partial charge in [-0.25, -0.2) is 39.7 Å². The van der Waals surface area contributed by atoms with Crippen LogP contribution in [0.3, 0.4) is 0 Å². The first-order valence-corrected chi connectivity index (χ1v) is 18.9. The lowest BCUT2D eigenvalue weighted by molar-refractivity contribution is -0.123. The maximum atomic E-state index is 15.2. The van der Waals surface area contributed by atoms with Gasteiger partial charge < -0.3 is 10.4 Å². The van der Waals surface area contributed by atoms with Crippen LogP contribution < -0.4 is 10.0 Å². The zero-order chi connectivity index (χ0) is 41.8. The third kappa shape index (κ3) is 8.89. The van der Waals surface area contributed by atoms with Gasteiger partial charge in [0.05, 0.1) is 29.1 Å². The summed E-state index contributed by atoms with van der Waals surface area (Å²) in [5.41, 5.74) is -5.51. The predicted molar refractivity (Wildman–Crippen MR) is 191 cm³/mol. The van der Waals surface area contributed by atoms with E-state index in [4.69, 9.17) is 0 Å². The average molecular weight is 824 g/mol. The van der Waals surface area contributed by atoms with E-state index in [0.717, 1.165) is 18.4 Å². The number of amides is 1. The molecule has 3 N–H and O–H groups in total. The second-order valence-electron chi connectivity index (χ2n) is 14.1. The molecule has 1 amide bonds. The summed E-state index contributed by atoms with van der Waals surface area (Å²) in [6.45, 7) is 1.53. The Labute approximate surface area is 320 Å². The number of pyridine rings is 1. The number of halogens is 8. The molecule has 0 spiro atoms. The fraction of sp³-hybridized carbons (Fsp3) is 0.351. The van der Waals surface area contributed by atoms with Gasteiger partial charge in [-0.3, -0.25) is 18.9 Å². The van der Waals surface area contributed by atoms with Gasteiger partial charge in [0, 0.05) is 42.5 Å². The minimum Gasteiger partial charge on any atom is -0.378 e. The number of hydrogen-bond donors (Lipinski definition) is 3. The SMILES string of the molecule is Cn1nc(NS(C)(=O)=O)c2cccc(-c3ccc(C#CC(C)(C)O)nc3[C@H](Cc3cc(F)cc(F)c3)NC(=O)Cn3nc(C(F)F)c4c3C(F)(F)CCC4(F)F)c21. The number of aromatic nitrogens is 5. The number of carbonyl (C=O) groups excluding carboxylic acids is 1. The molecule has 0 fully saturated rings. The highest BCUT2D eigenvalue weighted by molar-refractivity contribution is 7.92. The highest BCUT2D eigenvalue weighted by atomic mass is 32.2. The molecule has 302 valence electrons. The first-order valence-electron chi connectivity index (χ1n) is 17.0. The summed E-state index contributed by atoms with van der Waals surface area (Å²) in [7, 11) is -2.29. The summed E-state index contributed by atoms with van der Waals surface area (Å²) in [5.74, 6) is -6.12. The Bertz CT molecular complexity index is 2550. The second-order valence-corrected chi connectivity index (χ2v) is 15.8. The number of hydrogen-bond acceptors (Lipinski definition) is 7. The molecule has 0 unspecified atom stereocenters. The van der Waals surface area contributed by atoms with E-state index in [0.29, 0.717) is 22.5 Å². The van der Waals surface area contributed by atoms with E-state index in [1.165, 1.54) is 37.7 Å². The smallest absolute Gasteiger partial charge is 0.290 e. The summed E-state index contributed by atoms with van der Waals surface area (Å²) in [4.78, 5) is 18.5. The zero-order valence-corrected chi connectivity index (χ0v) is 31.3. The van der Waals surface area contributed by atoms with E-state index >= 15 is 8.78 Å². The van der Waals surface area contributed by atoms with Crippen molar-refractivity contribution in [2.45, 2.75) is 69.6 Å². The molecule has 1 aliphatic rings. The quantitative estimate of drug-likeness (QED) is 0.106. The zero-order valence-electron chi connectivity index (χ0n) is 30.4. The van der Waals surface area contributed by atoms with Gasteiger partial charge in [-0.15, -0.1) is 0 Å². The lowest BCUT2D eigenvalue weighted by Crippen LogP contribution is -2.37. The molecule has 0 saturated carbocycles. The molecule has 0 aliphatic heterocycles. The van der Waals surface area contributed by atoms with Crippen molar-refractivity contribution in [3.05, 3.63) is 94.1 Å². The summed E-state index contributed by atoms with van der Waals surface area (Å²) in [6, 6.07) is 8.74. The Hall–Kier alpha value is -5.55. The van der Waals surface area contributed by atoms with Crippen molar-refractivity contribution in [3.8, 4) is 23.0 Å². The number of fused-ring (bicyclic) bond motifs is 2.